The molecule has 0 aliphatic carbocycles. The first-order valence-corrected chi connectivity index (χ1v) is 6.51. The Hall–Kier alpha value is -1.69. The van der Waals surface area contributed by atoms with Crippen molar-refractivity contribution in [2.75, 3.05) is 14.1 Å². The molecule has 1 rings (SSSR count). The van der Waals surface area contributed by atoms with Crippen LogP contribution in [-0.2, 0) is 15.6 Å². The van der Waals surface area contributed by atoms with E-state index in [1.54, 1.807) is 21.0 Å². The number of nitrogens with zero attached hydrogens (tertiary/aromatic N) is 1. The van der Waals surface area contributed by atoms with E-state index in [1.165, 1.54) is 29.2 Å². The summed E-state index contributed by atoms with van der Waals surface area (Å²) in [5.41, 5.74) is 0.127. The lowest BCUT2D eigenvalue weighted by atomic mass is 10.2. The first-order valence-electron chi connectivity index (χ1n) is 5.29. The number of carboxylic acid groups (broad SMARTS) is 1. The number of carboxylic acids is 1. The summed E-state index contributed by atoms with van der Waals surface area (Å²) in [5, 5.41) is 8.09. The second kappa shape index (κ2) is 5.77. The van der Waals surface area contributed by atoms with E-state index >= 15 is 0 Å². The molecule has 6 heteroatoms. The lowest BCUT2D eigenvalue weighted by Crippen LogP contribution is -2.34. The number of amides is 1. The quantitative estimate of drug-likeness (QED) is 0.883. The summed E-state index contributed by atoms with van der Waals surface area (Å²) in [5.74, 6) is -1.26. The van der Waals surface area contributed by atoms with Crippen LogP contribution in [0.4, 0.5) is 0 Å². The number of hydrogen-bond donors (Lipinski definition) is 1. The van der Waals surface area contributed by atoms with Crippen molar-refractivity contribution < 1.29 is 18.9 Å². The zero-order valence-corrected chi connectivity index (χ0v) is 11.2. The third kappa shape index (κ3) is 3.16. The minimum atomic E-state index is -1.48. The van der Waals surface area contributed by atoms with Crippen molar-refractivity contribution in [3.63, 3.8) is 0 Å². The topological polar surface area (TPSA) is 74.7 Å². The molecule has 1 aromatic rings. The Morgan fingerprint density at radius 1 is 1.22 bits per heavy atom. The largest absolute Gasteiger partial charge is 0.478 e. The van der Waals surface area contributed by atoms with Crippen molar-refractivity contribution >= 4 is 22.7 Å². The average molecular weight is 269 g/mol. The molecule has 0 aliphatic heterocycles. The first-order chi connectivity index (χ1) is 8.34. The molecule has 0 bridgehead atoms. The second-order valence-electron chi connectivity index (χ2n) is 4.00. The molecular formula is C12H15NO4S. The van der Waals surface area contributed by atoms with Crippen LogP contribution in [0.3, 0.4) is 0 Å². The first kappa shape index (κ1) is 14.4. The highest BCUT2D eigenvalue weighted by Gasteiger charge is 2.22. The van der Waals surface area contributed by atoms with E-state index in [0.29, 0.717) is 4.90 Å². The summed E-state index contributed by atoms with van der Waals surface area (Å²) in [6.07, 6.45) is 0. The maximum atomic E-state index is 12.1. The molecule has 0 spiro atoms. The van der Waals surface area contributed by atoms with Gasteiger partial charge in [-0.3, -0.25) is 9.00 Å². The van der Waals surface area contributed by atoms with E-state index < -0.39 is 22.0 Å². The Kier molecular flexibility index (Phi) is 4.61. The second-order valence-corrected chi connectivity index (χ2v) is 5.78. The normalized spacial score (nSPS) is 13.7. The lowest BCUT2D eigenvalue weighted by molar-refractivity contribution is -0.127. The van der Waals surface area contributed by atoms with Crippen LogP contribution in [0.5, 0.6) is 0 Å². The summed E-state index contributed by atoms with van der Waals surface area (Å²) < 4.78 is 12.1. The van der Waals surface area contributed by atoms with Gasteiger partial charge in [-0.15, -0.1) is 0 Å². The molecule has 2 unspecified atom stereocenters. The van der Waals surface area contributed by atoms with Crippen LogP contribution in [0, 0.1) is 0 Å². The molecule has 1 aromatic carbocycles. The molecule has 0 fully saturated rings. The molecule has 1 amide bonds. The Morgan fingerprint density at radius 2 is 1.72 bits per heavy atom. The number of benzene rings is 1. The SMILES string of the molecule is CC(C(=O)N(C)C)S(=O)c1ccc(C(=O)O)cc1. The fourth-order valence-electron chi connectivity index (χ4n) is 1.39. The summed E-state index contributed by atoms with van der Waals surface area (Å²) >= 11 is 0. The molecule has 18 heavy (non-hydrogen) atoms. The number of hydrogen-bond acceptors (Lipinski definition) is 3. The van der Waals surface area contributed by atoms with E-state index in [-0.39, 0.29) is 11.5 Å². The molecular weight excluding hydrogens is 254 g/mol. The standard InChI is InChI=1S/C12H15NO4S/c1-8(11(14)13(2)3)18(17)10-6-4-9(5-7-10)12(15)16/h4-8H,1-3H3,(H,15,16). The number of rotatable bonds is 4. The van der Waals surface area contributed by atoms with E-state index in [1.807, 2.05) is 0 Å². The zero-order chi connectivity index (χ0) is 13.9. The van der Waals surface area contributed by atoms with Gasteiger partial charge in [-0.1, -0.05) is 0 Å². The third-order valence-electron chi connectivity index (χ3n) is 2.44. The monoisotopic (exact) mass is 269 g/mol. The van der Waals surface area contributed by atoms with Gasteiger partial charge in [0.25, 0.3) is 0 Å². The lowest BCUT2D eigenvalue weighted by Gasteiger charge is -2.16. The van der Waals surface area contributed by atoms with Gasteiger partial charge in [-0.2, -0.15) is 0 Å². The van der Waals surface area contributed by atoms with Crippen molar-refractivity contribution in [2.45, 2.75) is 17.1 Å². The van der Waals surface area contributed by atoms with Crippen molar-refractivity contribution in [3.05, 3.63) is 29.8 Å². The van der Waals surface area contributed by atoms with Gasteiger partial charge in [-0.25, -0.2) is 4.79 Å². The van der Waals surface area contributed by atoms with E-state index in [4.69, 9.17) is 5.11 Å². The molecule has 0 aromatic heterocycles. The van der Waals surface area contributed by atoms with Gasteiger partial charge in [0.2, 0.25) is 5.91 Å². The molecule has 0 saturated carbocycles. The van der Waals surface area contributed by atoms with Crippen LogP contribution in [-0.4, -0.2) is 45.4 Å². The van der Waals surface area contributed by atoms with Crippen LogP contribution < -0.4 is 0 Å². The van der Waals surface area contributed by atoms with Gasteiger partial charge >= 0.3 is 5.97 Å². The number of carbonyl (C=O) groups excluding carboxylic acids is 1. The maximum Gasteiger partial charge on any atom is 0.335 e. The predicted octanol–water partition coefficient (Wildman–Crippen LogP) is 0.969. The Labute approximate surface area is 108 Å². The van der Waals surface area contributed by atoms with Crippen LogP contribution in [0.25, 0.3) is 0 Å². The highest BCUT2D eigenvalue weighted by atomic mass is 32.2. The molecule has 0 heterocycles. The smallest absolute Gasteiger partial charge is 0.335 e. The average Bonchev–Trinajstić information content (AvgIpc) is 2.36. The van der Waals surface area contributed by atoms with Crippen molar-refractivity contribution in [3.8, 4) is 0 Å². The van der Waals surface area contributed by atoms with Gasteiger partial charge in [0.05, 0.1) is 16.4 Å². The fraction of sp³-hybridized carbons (Fsp3) is 0.333. The predicted molar refractivity (Wildman–Crippen MR) is 68.0 cm³/mol. The third-order valence-corrected chi connectivity index (χ3v) is 4.02. The highest BCUT2D eigenvalue weighted by molar-refractivity contribution is 7.86. The van der Waals surface area contributed by atoms with Crippen molar-refractivity contribution in [2.24, 2.45) is 0 Å². The minimum Gasteiger partial charge on any atom is -0.478 e. The van der Waals surface area contributed by atoms with Gasteiger partial charge in [0.15, 0.2) is 0 Å². The van der Waals surface area contributed by atoms with E-state index in [9.17, 15) is 13.8 Å². The highest BCUT2D eigenvalue weighted by Crippen LogP contribution is 2.14. The molecule has 0 aliphatic rings. The Balaban J connectivity index is 2.91. The summed E-state index contributed by atoms with van der Waals surface area (Å²) in [6.45, 7) is 1.59. The summed E-state index contributed by atoms with van der Waals surface area (Å²) in [6, 6.07) is 5.70. The molecule has 0 radical (unpaired) electrons. The van der Waals surface area contributed by atoms with E-state index in [0.717, 1.165) is 0 Å². The Bertz CT molecular complexity index is 481. The summed E-state index contributed by atoms with van der Waals surface area (Å²) in [7, 11) is 1.72. The molecule has 5 nitrogen and oxygen atoms in total. The Morgan fingerprint density at radius 3 is 2.11 bits per heavy atom. The molecule has 98 valence electrons. The molecule has 1 N–H and O–H groups in total. The van der Waals surface area contributed by atoms with Crippen LogP contribution in [0.2, 0.25) is 0 Å². The van der Waals surface area contributed by atoms with Crippen LogP contribution >= 0.6 is 0 Å². The molecule has 0 saturated heterocycles. The van der Waals surface area contributed by atoms with Gasteiger partial charge in [0, 0.05) is 19.0 Å². The zero-order valence-electron chi connectivity index (χ0n) is 10.4. The maximum absolute atomic E-state index is 12.1. The van der Waals surface area contributed by atoms with Gasteiger partial charge in [0.1, 0.15) is 5.25 Å². The van der Waals surface area contributed by atoms with E-state index in [2.05, 4.69) is 0 Å². The van der Waals surface area contributed by atoms with Crippen molar-refractivity contribution in [1.29, 1.82) is 0 Å². The minimum absolute atomic E-state index is 0.127. The fourth-order valence-corrected chi connectivity index (χ4v) is 2.60. The van der Waals surface area contributed by atoms with Crippen LogP contribution in [0.15, 0.2) is 29.2 Å². The van der Waals surface area contributed by atoms with Crippen LogP contribution in [0.1, 0.15) is 17.3 Å². The number of carbonyl (C=O) groups is 2. The molecule has 2 atom stereocenters. The number of aromatic carboxylic acids is 1. The summed E-state index contributed by atoms with van der Waals surface area (Å²) in [4.78, 5) is 24.2. The van der Waals surface area contributed by atoms with Crippen molar-refractivity contribution in [1.82, 2.24) is 4.90 Å². The van der Waals surface area contributed by atoms with Gasteiger partial charge in [-0.05, 0) is 31.2 Å². The van der Waals surface area contributed by atoms with Gasteiger partial charge < -0.3 is 10.0 Å².